The molecule has 0 aromatic heterocycles. The molecule has 0 radical (unpaired) electrons. The van der Waals surface area contributed by atoms with E-state index in [0.29, 0.717) is 6.54 Å². The molecule has 0 aromatic rings. The van der Waals surface area contributed by atoms with Gasteiger partial charge in [-0.15, -0.1) is 0 Å². The van der Waals surface area contributed by atoms with Gasteiger partial charge in [0.25, 0.3) is 0 Å². The van der Waals surface area contributed by atoms with E-state index in [1.807, 2.05) is 27.9 Å². The molecule has 0 bridgehead atoms. The molecule has 0 saturated heterocycles. The van der Waals surface area contributed by atoms with Crippen molar-refractivity contribution in [3.63, 3.8) is 0 Å². The lowest BCUT2D eigenvalue weighted by Crippen LogP contribution is -2.26. The third kappa shape index (κ3) is 13.0. The Morgan fingerprint density at radius 3 is 2.09 bits per heavy atom. The van der Waals surface area contributed by atoms with Crippen LogP contribution in [0.25, 0.3) is 0 Å². The molecule has 3 heteroatoms. The highest BCUT2D eigenvalue weighted by Gasteiger charge is 1.98. The third-order valence-electron chi connectivity index (χ3n) is 1.17. The minimum absolute atomic E-state index is 0.206. The highest BCUT2D eigenvalue weighted by atomic mass is 16.3. The average Bonchev–Trinajstić information content (AvgIpc) is 2.05. The van der Waals surface area contributed by atoms with Crippen molar-refractivity contribution in [3.8, 4) is 0 Å². The van der Waals surface area contributed by atoms with Crippen LogP contribution < -0.4 is 10.6 Å². The summed E-state index contributed by atoms with van der Waals surface area (Å²) >= 11 is 0. The van der Waals surface area contributed by atoms with Gasteiger partial charge >= 0.3 is 0 Å². The van der Waals surface area contributed by atoms with Crippen LogP contribution in [0, 0.1) is 0 Å². The number of aliphatic hydroxyl groups is 1. The Kier molecular flexibility index (Phi) is 15.4. The third-order valence-corrected chi connectivity index (χ3v) is 1.17. The lowest BCUT2D eigenvalue weighted by molar-refractivity contribution is 0.164. The quantitative estimate of drug-likeness (QED) is 0.541. The zero-order valence-corrected chi connectivity index (χ0v) is 8.15. The maximum Gasteiger partial charge on any atom is 0.0676 e. The number of hydrogen-bond donors (Lipinski definition) is 3. The molecule has 0 aromatic carbocycles. The van der Waals surface area contributed by atoms with Gasteiger partial charge in [0.2, 0.25) is 0 Å². The lowest BCUT2D eigenvalue weighted by Gasteiger charge is -2.07. The van der Waals surface area contributed by atoms with Crippen LogP contribution in [0.15, 0.2) is 0 Å². The smallest absolute Gasteiger partial charge is 0.0676 e. The summed E-state index contributed by atoms with van der Waals surface area (Å²) < 4.78 is 0. The van der Waals surface area contributed by atoms with E-state index in [0.717, 1.165) is 13.0 Å². The second kappa shape index (κ2) is 12.5. The second-order valence-corrected chi connectivity index (χ2v) is 2.10. The number of aliphatic hydroxyl groups excluding tert-OH is 1. The summed E-state index contributed by atoms with van der Waals surface area (Å²) in [5, 5.41) is 14.9. The van der Waals surface area contributed by atoms with Crippen molar-refractivity contribution in [3.05, 3.63) is 0 Å². The molecular weight excluding hydrogens is 140 g/mol. The lowest BCUT2D eigenvalue weighted by atomic mass is 10.2. The number of hydrogen-bond acceptors (Lipinski definition) is 3. The molecule has 0 aliphatic carbocycles. The number of likely N-dealkylation sites (N-methyl/N-ethyl adjacent to an activating group) is 1. The van der Waals surface area contributed by atoms with Crippen LogP contribution in [0.5, 0.6) is 0 Å². The maximum absolute atomic E-state index is 9.08. The fourth-order valence-electron chi connectivity index (χ4n) is 0.649. The van der Waals surface area contributed by atoms with Crippen LogP contribution in [0.4, 0.5) is 0 Å². The normalized spacial score (nSPS) is 11.7. The average molecular weight is 162 g/mol. The summed E-state index contributed by atoms with van der Waals surface area (Å²) in [7, 11) is 3.72. The summed E-state index contributed by atoms with van der Waals surface area (Å²) in [5.41, 5.74) is 0. The van der Waals surface area contributed by atoms with Gasteiger partial charge in [0.15, 0.2) is 0 Å². The van der Waals surface area contributed by atoms with Crippen molar-refractivity contribution in [1.29, 1.82) is 0 Å². The molecule has 70 valence electrons. The summed E-state index contributed by atoms with van der Waals surface area (Å²) in [6.45, 7) is 5.56. The van der Waals surface area contributed by atoms with Gasteiger partial charge in [-0.25, -0.2) is 0 Å². The van der Waals surface area contributed by atoms with Crippen LogP contribution in [0.2, 0.25) is 0 Å². The Hall–Kier alpha value is -0.120. The van der Waals surface area contributed by atoms with E-state index in [2.05, 4.69) is 10.6 Å². The van der Waals surface area contributed by atoms with Crippen LogP contribution in [0.1, 0.15) is 20.3 Å². The summed E-state index contributed by atoms with van der Waals surface area (Å²) in [4.78, 5) is 0. The van der Waals surface area contributed by atoms with Gasteiger partial charge in [0.1, 0.15) is 0 Å². The van der Waals surface area contributed by atoms with E-state index in [9.17, 15) is 0 Å². The standard InChI is InChI=1S/C6H16N2O.C2H6/c1-7-4-3-6(9)5-8-2;1-2/h6-9H,3-5H2,1-2H3;1-2H3. The first kappa shape index (κ1) is 13.5. The molecular formula is C8H22N2O. The Bertz CT molecular complexity index is 60.1. The van der Waals surface area contributed by atoms with E-state index in [-0.39, 0.29) is 6.10 Å². The predicted octanol–water partition coefficient (Wildman–Crippen LogP) is 0.202. The van der Waals surface area contributed by atoms with Gasteiger partial charge in [-0.3, -0.25) is 0 Å². The fourth-order valence-corrected chi connectivity index (χ4v) is 0.649. The molecule has 0 aliphatic rings. The Balaban J connectivity index is 0. The van der Waals surface area contributed by atoms with Crippen LogP contribution in [0.3, 0.4) is 0 Å². The van der Waals surface area contributed by atoms with E-state index in [4.69, 9.17) is 5.11 Å². The van der Waals surface area contributed by atoms with E-state index < -0.39 is 0 Å². The molecule has 1 atom stereocenters. The zero-order valence-electron chi connectivity index (χ0n) is 8.15. The van der Waals surface area contributed by atoms with Crippen LogP contribution in [-0.4, -0.2) is 38.4 Å². The fraction of sp³-hybridized carbons (Fsp3) is 1.00. The Morgan fingerprint density at radius 1 is 1.18 bits per heavy atom. The molecule has 11 heavy (non-hydrogen) atoms. The Morgan fingerprint density at radius 2 is 1.73 bits per heavy atom. The first-order chi connectivity index (χ1) is 5.31. The second-order valence-electron chi connectivity index (χ2n) is 2.10. The van der Waals surface area contributed by atoms with Crippen molar-refractivity contribution >= 4 is 0 Å². The van der Waals surface area contributed by atoms with Gasteiger partial charge in [-0.1, -0.05) is 13.8 Å². The molecule has 0 rings (SSSR count). The molecule has 0 aliphatic heterocycles. The number of nitrogens with one attached hydrogen (secondary N) is 2. The minimum atomic E-state index is -0.206. The largest absolute Gasteiger partial charge is 0.392 e. The molecule has 0 saturated carbocycles. The summed E-state index contributed by atoms with van der Waals surface area (Å²) in [6, 6.07) is 0. The summed E-state index contributed by atoms with van der Waals surface area (Å²) in [5.74, 6) is 0. The SMILES string of the molecule is CC.CNCCC(O)CNC. The molecule has 3 nitrogen and oxygen atoms in total. The Labute approximate surface area is 70.2 Å². The van der Waals surface area contributed by atoms with E-state index in [1.54, 1.807) is 0 Å². The predicted molar refractivity (Wildman–Crippen MR) is 49.8 cm³/mol. The van der Waals surface area contributed by atoms with Gasteiger partial charge in [-0.2, -0.15) is 0 Å². The van der Waals surface area contributed by atoms with Crippen LogP contribution in [-0.2, 0) is 0 Å². The van der Waals surface area contributed by atoms with Crippen molar-refractivity contribution in [2.24, 2.45) is 0 Å². The monoisotopic (exact) mass is 162 g/mol. The first-order valence-electron chi connectivity index (χ1n) is 4.28. The molecule has 0 amide bonds. The van der Waals surface area contributed by atoms with Crippen molar-refractivity contribution in [1.82, 2.24) is 10.6 Å². The van der Waals surface area contributed by atoms with Crippen molar-refractivity contribution in [2.45, 2.75) is 26.4 Å². The zero-order chi connectivity index (χ0) is 9.11. The highest BCUT2D eigenvalue weighted by Crippen LogP contribution is 1.85. The number of rotatable bonds is 5. The van der Waals surface area contributed by atoms with E-state index in [1.165, 1.54) is 0 Å². The van der Waals surface area contributed by atoms with Crippen LogP contribution >= 0.6 is 0 Å². The molecule has 0 heterocycles. The molecule has 3 N–H and O–H groups in total. The van der Waals surface area contributed by atoms with Gasteiger partial charge in [0, 0.05) is 6.54 Å². The molecule has 0 spiro atoms. The highest BCUT2D eigenvalue weighted by molar-refractivity contribution is 4.57. The summed E-state index contributed by atoms with van der Waals surface area (Å²) in [6.07, 6.45) is 0.611. The van der Waals surface area contributed by atoms with Gasteiger partial charge in [0.05, 0.1) is 6.10 Å². The first-order valence-corrected chi connectivity index (χ1v) is 4.28. The molecule has 0 fully saturated rings. The van der Waals surface area contributed by atoms with E-state index >= 15 is 0 Å². The van der Waals surface area contributed by atoms with Crippen molar-refractivity contribution < 1.29 is 5.11 Å². The molecule has 1 unspecified atom stereocenters. The minimum Gasteiger partial charge on any atom is -0.392 e. The van der Waals surface area contributed by atoms with Crippen molar-refractivity contribution in [2.75, 3.05) is 27.2 Å². The maximum atomic E-state index is 9.08. The van der Waals surface area contributed by atoms with Gasteiger partial charge < -0.3 is 15.7 Å². The topological polar surface area (TPSA) is 44.3 Å². The van der Waals surface area contributed by atoms with Gasteiger partial charge in [-0.05, 0) is 27.1 Å².